The summed E-state index contributed by atoms with van der Waals surface area (Å²) in [6, 6.07) is 0. The highest BCUT2D eigenvalue weighted by molar-refractivity contribution is 7.32. The maximum absolute atomic E-state index is 10.4. The van der Waals surface area contributed by atoms with Crippen LogP contribution in [-0.2, 0) is 9.09 Å². The summed E-state index contributed by atoms with van der Waals surface area (Å²) in [7, 11) is -2.69. The average molecular weight is 406 g/mol. The molecule has 0 aliphatic rings. The standard InChI is InChI=1S/C22H45O4P/c1-2-3-4-5-6-7-8-9-10-11-12-13-14-15-16-17-18-19-20-21-22(23)26-27(24)25/h22-23H,2-21H2,1H3/p+1. The zero-order valence-electron chi connectivity index (χ0n) is 17.9. The summed E-state index contributed by atoms with van der Waals surface area (Å²) in [6.45, 7) is 2.28. The molecule has 0 aromatic heterocycles. The van der Waals surface area contributed by atoms with Gasteiger partial charge < -0.3 is 5.11 Å². The summed E-state index contributed by atoms with van der Waals surface area (Å²) in [4.78, 5) is 8.51. The van der Waals surface area contributed by atoms with Gasteiger partial charge in [-0.3, -0.25) is 0 Å². The van der Waals surface area contributed by atoms with Crippen LogP contribution in [0.5, 0.6) is 0 Å². The zero-order valence-corrected chi connectivity index (χ0v) is 18.8. The maximum Gasteiger partial charge on any atom is 0.697 e. The van der Waals surface area contributed by atoms with Gasteiger partial charge in [0, 0.05) is 11.0 Å². The highest BCUT2D eigenvalue weighted by Crippen LogP contribution is 2.20. The van der Waals surface area contributed by atoms with Crippen LogP contribution in [0, 0.1) is 0 Å². The molecule has 2 atom stereocenters. The van der Waals surface area contributed by atoms with Gasteiger partial charge in [0.1, 0.15) is 0 Å². The third-order valence-electron chi connectivity index (χ3n) is 5.27. The Labute approximate surface area is 169 Å². The first-order chi connectivity index (χ1) is 13.2. The number of aliphatic hydroxyl groups excluding tert-OH is 1. The summed E-state index contributed by atoms with van der Waals surface area (Å²) >= 11 is 0. The van der Waals surface area contributed by atoms with E-state index in [0.29, 0.717) is 6.42 Å². The molecule has 0 aromatic rings. The minimum atomic E-state index is -2.69. The summed E-state index contributed by atoms with van der Waals surface area (Å²) in [6.07, 6.45) is 24.7. The molecule has 4 nitrogen and oxygen atoms in total. The Morgan fingerprint density at radius 1 is 0.630 bits per heavy atom. The molecule has 0 heterocycles. The van der Waals surface area contributed by atoms with Gasteiger partial charge in [0.25, 0.3) is 0 Å². The van der Waals surface area contributed by atoms with E-state index in [1.54, 1.807) is 0 Å². The van der Waals surface area contributed by atoms with Crippen molar-refractivity contribution in [2.75, 3.05) is 0 Å². The minimum absolute atomic E-state index is 0.445. The Bertz CT molecular complexity index is 313. The quantitative estimate of drug-likeness (QED) is 0.110. The van der Waals surface area contributed by atoms with Crippen LogP contribution < -0.4 is 0 Å². The Hall–Kier alpha value is -0.0200. The van der Waals surface area contributed by atoms with E-state index in [-0.39, 0.29) is 0 Å². The van der Waals surface area contributed by atoms with Gasteiger partial charge in [-0.05, 0) is 6.42 Å². The Morgan fingerprint density at radius 2 is 0.926 bits per heavy atom. The molecule has 0 rings (SSSR count). The van der Waals surface area contributed by atoms with E-state index in [2.05, 4.69) is 11.4 Å². The van der Waals surface area contributed by atoms with Crippen LogP contribution in [-0.4, -0.2) is 16.3 Å². The molecule has 5 heteroatoms. The largest absolute Gasteiger partial charge is 0.697 e. The van der Waals surface area contributed by atoms with Gasteiger partial charge >= 0.3 is 8.25 Å². The lowest BCUT2D eigenvalue weighted by atomic mass is 10.0. The topological polar surface area (TPSA) is 66.8 Å². The van der Waals surface area contributed by atoms with Crippen LogP contribution in [0.3, 0.4) is 0 Å². The number of aliphatic hydroxyl groups is 1. The monoisotopic (exact) mass is 405 g/mol. The van der Waals surface area contributed by atoms with E-state index >= 15 is 0 Å². The number of unbranched alkanes of at least 4 members (excludes halogenated alkanes) is 18. The molecule has 0 amide bonds. The fraction of sp³-hybridized carbons (Fsp3) is 1.00. The molecule has 0 aliphatic heterocycles. The van der Waals surface area contributed by atoms with Crippen LogP contribution in [0.4, 0.5) is 0 Å². The SMILES string of the molecule is CCCCCCCCCCCCCCCCCCCCCC(O)O[P+](=O)O. The van der Waals surface area contributed by atoms with Crippen LogP contribution in [0.1, 0.15) is 135 Å². The highest BCUT2D eigenvalue weighted by Gasteiger charge is 2.19. The molecule has 0 bridgehead atoms. The smallest absolute Gasteiger partial charge is 0.364 e. The summed E-state index contributed by atoms with van der Waals surface area (Å²) in [5.41, 5.74) is 0. The van der Waals surface area contributed by atoms with Gasteiger partial charge in [-0.1, -0.05) is 127 Å². The van der Waals surface area contributed by atoms with Crippen LogP contribution in [0.25, 0.3) is 0 Å². The molecule has 0 radical (unpaired) electrons. The lowest BCUT2D eigenvalue weighted by Crippen LogP contribution is -2.06. The summed E-state index contributed by atoms with van der Waals surface area (Å²) in [5, 5.41) is 9.30. The van der Waals surface area contributed by atoms with E-state index in [0.717, 1.165) is 12.8 Å². The van der Waals surface area contributed by atoms with Gasteiger partial charge in [-0.15, -0.1) is 4.89 Å². The second kappa shape index (κ2) is 22.3. The lowest BCUT2D eigenvalue weighted by Gasteiger charge is -2.04. The van der Waals surface area contributed by atoms with Crippen molar-refractivity contribution < 1.29 is 19.1 Å². The maximum atomic E-state index is 10.4. The van der Waals surface area contributed by atoms with Gasteiger partial charge in [0.05, 0.1) is 0 Å². The number of rotatable bonds is 22. The zero-order chi connectivity index (χ0) is 20.0. The molecule has 0 saturated carbocycles. The highest BCUT2D eigenvalue weighted by atomic mass is 31.1. The van der Waals surface area contributed by atoms with Gasteiger partial charge in [0.2, 0.25) is 6.29 Å². The fourth-order valence-electron chi connectivity index (χ4n) is 3.55. The molecular weight excluding hydrogens is 359 g/mol. The van der Waals surface area contributed by atoms with E-state index in [1.807, 2.05) is 0 Å². The molecule has 0 aromatic carbocycles. The van der Waals surface area contributed by atoms with Crippen LogP contribution in [0.15, 0.2) is 0 Å². The van der Waals surface area contributed by atoms with Crippen LogP contribution >= 0.6 is 8.25 Å². The number of hydrogen-bond donors (Lipinski definition) is 2. The predicted molar refractivity (Wildman–Crippen MR) is 115 cm³/mol. The van der Waals surface area contributed by atoms with Crippen molar-refractivity contribution in [1.82, 2.24) is 0 Å². The van der Waals surface area contributed by atoms with Gasteiger partial charge in [-0.25, -0.2) is 0 Å². The van der Waals surface area contributed by atoms with E-state index < -0.39 is 14.5 Å². The molecule has 0 saturated heterocycles. The number of hydrogen-bond acceptors (Lipinski definition) is 3. The Balaban J connectivity index is 3.06. The summed E-state index contributed by atoms with van der Waals surface area (Å²) in [5.74, 6) is 0. The van der Waals surface area contributed by atoms with E-state index in [9.17, 15) is 9.67 Å². The van der Waals surface area contributed by atoms with Crippen molar-refractivity contribution in [1.29, 1.82) is 0 Å². The van der Waals surface area contributed by atoms with Crippen molar-refractivity contribution in [2.45, 2.75) is 142 Å². The van der Waals surface area contributed by atoms with Crippen molar-refractivity contribution in [3.05, 3.63) is 0 Å². The Morgan fingerprint density at radius 3 is 1.22 bits per heavy atom. The van der Waals surface area contributed by atoms with Crippen molar-refractivity contribution in [2.24, 2.45) is 0 Å². The van der Waals surface area contributed by atoms with Gasteiger partial charge in [-0.2, -0.15) is 0 Å². The first-order valence-electron chi connectivity index (χ1n) is 11.7. The molecule has 0 spiro atoms. The Kier molecular flexibility index (Phi) is 22.3. The summed E-state index contributed by atoms with van der Waals surface area (Å²) < 4.78 is 14.8. The molecular formula is C22H46O4P+. The molecule has 162 valence electrons. The van der Waals surface area contributed by atoms with E-state index in [1.165, 1.54) is 109 Å². The van der Waals surface area contributed by atoms with E-state index in [4.69, 9.17) is 4.89 Å². The van der Waals surface area contributed by atoms with Crippen molar-refractivity contribution >= 4 is 8.25 Å². The second-order valence-electron chi connectivity index (χ2n) is 7.95. The molecule has 27 heavy (non-hydrogen) atoms. The fourth-order valence-corrected chi connectivity index (χ4v) is 3.87. The van der Waals surface area contributed by atoms with Gasteiger partial charge in [0.15, 0.2) is 0 Å². The van der Waals surface area contributed by atoms with Crippen LogP contribution in [0.2, 0.25) is 0 Å². The second-order valence-corrected chi connectivity index (χ2v) is 8.64. The average Bonchev–Trinajstić information content (AvgIpc) is 2.63. The van der Waals surface area contributed by atoms with Crippen molar-refractivity contribution in [3.63, 3.8) is 0 Å². The first kappa shape index (κ1) is 27.0. The normalized spacial score (nSPS) is 13.1. The minimum Gasteiger partial charge on any atom is -0.364 e. The third kappa shape index (κ3) is 23.9. The molecule has 0 aliphatic carbocycles. The van der Waals surface area contributed by atoms with Crippen molar-refractivity contribution in [3.8, 4) is 0 Å². The predicted octanol–water partition coefficient (Wildman–Crippen LogP) is 7.79. The molecule has 0 fully saturated rings. The lowest BCUT2D eigenvalue weighted by molar-refractivity contribution is -0.0257. The molecule has 2 N–H and O–H groups in total. The molecule has 2 unspecified atom stereocenters. The first-order valence-corrected chi connectivity index (χ1v) is 12.8. The third-order valence-corrected chi connectivity index (χ3v) is 5.69.